The Hall–Kier alpha value is -2.65. The Morgan fingerprint density at radius 1 is 1.15 bits per heavy atom. The molecule has 1 aromatic carbocycles. The largest absolute Gasteiger partial charge is 0.350 e. The summed E-state index contributed by atoms with van der Waals surface area (Å²) in [5.74, 6) is 0.683. The van der Waals surface area contributed by atoms with E-state index in [1.807, 2.05) is 36.1 Å². The van der Waals surface area contributed by atoms with E-state index >= 15 is 0 Å². The van der Waals surface area contributed by atoms with Gasteiger partial charge in [0.1, 0.15) is 0 Å². The molecule has 3 rings (SSSR count). The fourth-order valence-corrected chi connectivity index (χ4v) is 4.69. The highest BCUT2D eigenvalue weighted by atomic mass is 32.2. The van der Waals surface area contributed by atoms with E-state index in [-0.39, 0.29) is 29.5 Å². The lowest BCUT2D eigenvalue weighted by atomic mass is 9.87. The van der Waals surface area contributed by atoms with E-state index in [1.54, 1.807) is 16.2 Å². The molecular weight excluding hydrogens is 454 g/mol. The molecule has 0 saturated heterocycles. The molecule has 176 valence electrons. The predicted octanol–water partition coefficient (Wildman–Crippen LogP) is 4.10. The number of carbonyl (C=O) groups excluding carboxylic acids is 2. The van der Waals surface area contributed by atoms with Crippen molar-refractivity contribution in [2.24, 2.45) is 7.05 Å². The summed E-state index contributed by atoms with van der Waals surface area (Å²) >= 11 is 2.92. The maximum absolute atomic E-state index is 12.7. The molecule has 2 heterocycles. The van der Waals surface area contributed by atoms with Gasteiger partial charge in [0.05, 0.1) is 18.8 Å². The fourth-order valence-electron chi connectivity index (χ4n) is 3.23. The standard InChI is InChI=1S/C24H31N5O2S2/c1-6-29(15-20(30)25-14-19-8-7-13-32-19)21(31)16-33-23-27-26-22(28(23)5)17-9-11-18(12-10-17)24(2,3)4/h7-13H,6,14-16H2,1-5H3,(H,25,30). The highest BCUT2D eigenvalue weighted by Gasteiger charge is 2.19. The molecule has 0 radical (unpaired) electrons. The summed E-state index contributed by atoms with van der Waals surface area (Å²) in [5.41, 5.74) is 2.33. The average molecular weight is 486 g/mol. The minimum Gasteiger partial charge on any atom is -0.350 e. The Kier molecular flexibility index (Phi) is 8.31. The van der Waals surface area contributed by atoms with Crippen molar-refractivity contribution in [3.63, 3.8) is 0 Å². The summed E-state index contributed by atoms with van der Waals surface area (Å²) in [4.78, 5) is 27.6. The van der Waals surface area contributed by atoms with E-state index in [0.29, 0.717) is 18.2 Å². The van der Waals surface area contributed by atoms with Gasteiger partial charge in [0.25, 0.3) is 0 Å². The Labute approximate surface area is 203 Å². The fraction of sp³-hybridized carbons (Fsp3) is 0.417. The predicted molar refractivity (Wildman–Crippen MR) is 134 cm³/mol. The van der Waals surface area contributed by atoms with Crippen molar-refractivity contribution in [3.05, 3.63) is 52.2 Å². The molecule has 9 heteroatoms. The van der Waals surface area contributed by atoms with Gasteiger partial charge >= 0.3 is 0 Å². The average Bonchev–Trinajstić information content (AvgIpc) is 3.43. The third-order valence-corrected chi connectivity index (χ3v) is 7.16. The van der Waals surface area contributed by atoms with Gasteiger partial charge in [0.15, 0.2) is 11.0 Å². The molecule has 0 fully saturated rings. The number of nitrogens with zero attached hydrogens (tertiary/aromatic N) is 4. The highest BCUT2D eigenvalue weighted by Crippen LogP contribution is 2.27. The Morgan fingerprint density at radius 2 is 1.88 bits per heavy atom. The van der Waals surface area contributed by atoms with Crippen LogP contribution in [0.25, 0.3) is 11.4 Å². The molecule has 2 aromatic heterocycles. The zero-order valence-corrected chi connectivity index (χ0v) is 21.4. The van der Waals surface area contributed by atoms with Crippen LogP contribution in [0.5, 0.6) is 0 Å². The van der Waals surface area contributed by atoms with E-state index in [1.165, 1.54) is 17.3 Å². The molecule has 1 N–H and O–H groups in total. The van der Waals surface area contributed by atoms with Crippen molar-refractivity contribution in [3.8, 4) is 11.4 Å². The lowest BCUT2D eigenvalue weighted by Crippen LogP contribution is -2.41. The summed E-state index contributed by atoms with van der Waals surface area (Å²) < 4.78 is 1.90. The van der Waals surface area contributed by atoms with Gasteiger partial charge in [0.2, 0.25) is 11.8 Å². The smallest absolute Gasteiger partial charge is 0.239 e. The monoisotopic (exact) mass is 485 g/mol. The molecular formula is C24H31N5O2S2. The second-order valence-electron chi connectivity index (χ2n) is 8.75. The van der Waals surface area contributed by atoms with Gasteiger partial charge in [-0.1, -0.05) is 62.9 Å². The number of aromatic nitrogens is 3. The number of rotatable bonds is 9. The lowest BCUT2D eigenvalue weighted by Gasteiger charge is -2.20. The number of thiophene rings is 1. The third-order valence-electron chi connectivity index (χ3n) is 5.28. The van der Waals surface area contributed by atoms with Gasteiger partial charge < -0.3 is 14.8 Å². The quantitative estimate of drug-likeness (QED) is 0.462. The molecule has 7 nitrogen and oxygen atoms in total. The molecule has 2 amide bonds. The highest BCUT2D eigenvalue weighted by molar-refractivity contribution is 7.99. The topological polar surface area (TPSA) is 80.1 Å². The van der Waals surface area contributed by atoms with Crippen LogP contribution < -0.4 is 5.32 Å². The zero-order valence-electron chi connectivity index (χ0n) is 19.8. The normalized spacial score (nSPS) is 11.4. The van der Waals surface area contributed by atoms with Crippen molar-refractivity contribution in [1.82, 2.24) is 25.0 Å². The van der Waals surface area contributed by atoms with E-state index in [9.17, 15) is 9.59 Å². The van der Waals surface area contributed by atoms with Crippen LogP contribution in [0.1, 0.15) is 38.1 Å². The molecule has 0 bridgehead atoms. The van der Waals surface area contributed by atoms with Crippen molar-refractivity contribution >= 4 is 34.9 Å². The summed E-state index contributed by atoms with van der Waals surface area (Å²) in [6.45, 7) is 9.42. The zero-order chi connectivity index (χ0) is 24.0. The van der Waals surface area contributed by atoms with Crippen molar-refractivity contribution in [1.29, 1.82) is 0 Å². The number of carbonyl (C=O) groups is 2. The summed E-state index contributed by atoms with van der Waals surface area (Å²) in [6.07, 6.45) is 0. The number of benzene rings is 1. The second-order valence-corrected chi connectivity index (χ2v) is 10.7. The van der Waals surface area contributed by atoms with Crippen LogP contribution in [0, 0.1) is 0 Å². The minimum atomic E-state index is -0.164. The first kappa shape index (κ1) is 25.0. The summed E-state index contributed by atoms with van der Waals surface area (Å²) in [5, 5.41) is 14.1. The van der Waals surface area contributed by atoms with Crippen molar-refractivity contribution < 1.29 is 9.59 Å². The Balaban J connectivity index is 1.56. The van der Waals surface area contributed by atoms with Crippen molar-refractivity contribution in [2.75, 3.05) is 18.8 Å². The van der Waals surface area contributed by atoms with Crippen LogP contribution >= 0.6 is 23.1 Å². The first-order valence-corrected chi connectivity index (χ1v) is 12.8. The van der Waals surface area contributed by atoms with Crippen LogP contribution in [-0.4, -0.2) is 50.3 Å². The number of nitrogens with one attached hydrogen (secondary N) is 1. The van der Waals surface area contributed by atoms with Gasteiger partial charge in [0, 0.05) is 24.0 Å². The van der Waals surface area contributed by atoms with Crippen LogP contribution in [0.4, 0.5) is 0 Å². The number of hydrogen-bond donors (Lipinski definition) is 1. The number of thioether (sulfide) groups is 1. The van der Waals surface area contributed by atoms with Crippen LogP contribution in [0.15, 0.2) is 46.9 Å². The van der Waals surface area contributed by atoms with E-state index in [2.05, 4.69) is 60.6 Å². The first-order chi connectivity index (χ1) is 15.7. The summed E-state index contributed by atoms with van der Waals surface area (Å²) in [6, 6.07) is 12.3. The molecule has 0 atom stereocenters. The van der Waals surface area contributed by atoms with Gasteiger partial charge in [-0.3, -0.25) is 9.59 Å². The van der Waals surface area contributed by atoms with Crippen LogP contribution in [0.2, 0.25) is 0 Å². The van der Waals surface area contributed by atoms with Crippen LogP contribution in [-0.2, 0) is 28.6 Å². The van der Waals surface area contributed by atoms with Gasteiger partial charge in [-0.05, 0) is 29.3 Å². The molecule has 0 spiro atoms. The van der Waals surface area contributed by atoms with Gasteiger partial charge in [-0.2, -0.15) is 0 Å². The Bertz CT molecular complexity index is 1070. The molecule has 0 aliphatic carbocycles. The minimum absolute atomic E-state index is 0.0471. The molecule has 33 heavy (non-hydrogen) atoms. The van der Waals surface area contributed by atoms with Gasteiger partial charge in [-0.15, -0.1) is 21.5 Å². The lowest BCUT2D eigenvalue weighted by molar-refractivity contribution is -0.133. The van der Waals surface area contributed by atoms with E-state index in [0.717, 1.165) is 16.3 Å². The maximum atomic E-state index is 12.7. The molecule has 0 aliphatic rings. The second kappa shape index (κ2) is 11.0. The Morgan fingerprint density at radius 3 is 2.48 bits per heavy atom. The molecule has 3 aromatic rings. The number of amides is 2. The maximum Gasteiger partial charge on any atom is 0.239 e. The molecule has 0 saturated carbocycles. The molecule has 0 aliphatic heterocycles. The number of hydrogen-bond acceptors (Lipinski definition) is 6. The summed E-state index contributed by atoms with van der Waals surface area (Å²) in [7, 11) is 1.90. The molecule has 0 unspecified atom stereocenters. The SMILES string of the molecule is CCN(CC(=O)NCc1cccs1)C(=O)CSc1nnc(-c2ccc(C(C)(C)C)cc2)n1C. The van der Waals surface area contributed by atoms with Crippen LogP contribution in [0.3, 0.4) is 0 Å². The van der Waals surface area contributed by atoms with Crippen molar-refractivity contribution in [2.45, 2.75) is 44.8 Å². The number of likely N-dealkylation sites (N-methyl/N-ethyl adjacent to an activating group) is 1. The first-order valence-electron chi connectivity index (χ1n) is 10.9. The third kappa shape index (κ3) is 6.68. The van der Waals surface area contributed by atoms with Gasteiger partial charge in [-0.25, -0.2) is 0 Å². The van der Waals surface area contributed by atoms with E-state index < -0.39 is 0 Å². The van der Waals surface area contributed by atoms with E-state index in [4.69, 9.17) is 0 Å².